The molecule has 0 atom stereocenters. The van der Waals surface area contributed by atoms with Gasteiger partial charge in [0.25, 0.3) is 0 Å². The third kappa shape index (κ3) is 6.95. The number of rotatable bonds is 4. The highest BCUT2D eigenvalue weighted by molar-refractivity contribution is 9.09. The van der Waals surface area contributed by atoms with Crippen molar-refractivity contribution >= 4 is 15.9 Å². The van der Waals surface area contributed by atoms with Crippen LogP contribution in [0.5, 0.6) is 0 Å². The number of hydrogen-bond acceptors (Lipinski definition) is 0. The summed E-state index contributed by atoms with van der Waals surface area (Å²) >= 11 is 3.27. The summed E-state index contributed by atoms with van der Waals surface area (Å²) in [5.74, 6) is 0. The van der Waals surface area contributed by atoms with Crippen molar-refractivity contribution in [1.82, 2.24) is 0 Å². The topological polar surface area (TPSA) is 0 Å². The van der Waals surface area contributed by atoms with Gasteiger partial charge < -0.3 is 0 Å². The Kier molecular flexibility index (Phi) is 4.59. The Morgan fingerprint density at radius 3 is 1.92 bits per heavy atom. The molecule has 4 heteroatoms. The van der Waals surface area contributed by atoms with Crippen molar-refractivity contribution in [3.8, 4) is 0 Å². The first-order valence-electron chi connectivity index (χ1n) is 3.89. The Balaban J connectivity index is 3.57. The van der Waals surface area contributed by atoms with Crippen LogP contribution in [0, 0.1) is 5.41 Å². The van der Waals surface area contributed by atoms with Crippen LogP contribution in [0.1, 0.15) is 33.1 Å². The number of halogens is 4. The van der Waals surface area contributed by atoms with Crippen molar-refractivity contribution < 1.29 is 13.2 Å². The molecule has 0 N–H and O–H groups in total. The van der Waals surface area contributed by atoms with Crippen molar-refractivity contribution in [1.29, 1.82) is 0 Å². The number of hydrogen-bond donors (Lipinski definition) is 0. The van der Waals surface area contributed by atoms with Crippen LogP contribution in [0.4, 0.5) is 13.2 Å². The lowest BCUT2D eigenvalue weighted by Gasteiger charge is -2.21. The molecule has 0 fully saturated rings. The average Bonchev–Trinajstić information content (AvgIpc) is 1.84. The monoisotopic (exact) mass is 246 g/mol. The molecule has 0 saturated heterocycles. The largest absolute Gasteiger partial charge is 0.389 e. The minimum atomic E-state index is -4.00. The predicted molar refractivity (Wildman–Crippen MR) is 47.5 cm³/mol. The highest BCUT2D eigenvalue weighted by Gasteiger charge is 2.27. The van der Waals surface area contributed by atoms with Crippen LogP contribution in [0.15, 0.2) is 0 Å². The Labute approximate surface area is 79.7 Å². The van der Waals surface area contributed by atoms with Crippen LogP contribution in [0.3, 0.4) is 0 Å². The standard InChI is InChI=1S/C8H14BrF3/c1-7(2,6-9)4-3-5-8(10,11)12/h3-6H2,1-2H3. The van der Waals surface area contributed by atoms with Crippen molar-refractivity contribution in [3.05, 3.63) is 0 Å². The molecule has 0 heterocycles. The summed E-state index contributed by atoms with van der Waals surface area (Å²) < 4.78 is 35.2. The first kappa shape index (κ1) is 12.3. The molecule has 0 rings (SSSR count). The SMILES string of the molecule is CC(C)(CBr)CCCC(F)(F)F. The van der Waals surface area contributed by atoms with E-state index >= 15 is 0 Å². The molecular weight excluding hydrogens is 233 g/mol. The Hall–Kier alpha value is 0.270. The zero-order chi connectivity index (χ0) is 9.83. The van der Waals surface area contributed by atoms with E-state index in [1.807, 2.05) is 13.8 Å². The van der Waals surface area contributed by atoms with E-state index in [2.05, 4.69) is 15.9 Å². The van der Waals surface area contributed by atoms with Gasteiger partial charge in [0.05, 0.1) is 0 Å². The summed E-state index contributed by atoms with van der Waals surface area (Å²) in [5, 5.41) is 0.748. The van der Waals surface area contributed by atoms with Crippen LogP contribution in [0.2, 0.25) is 0 Å². The quantitative estimate of drug-likeness (QED) is 0.655. The van der Waals surface area contributed by atoms with Crippen molar-refractivity contribution in [2.45, 2.75) is 39.3 Å². The van der Waals surface area contributed by atoms with E-state index in [0.717, 1.165) is 5.33 Å². The second-order valence-electron chi connectivity index (χ2n) is 3.77. The van der Waals surface area contributed by atoms with Crippen LogP contribution in [-0.4, -0.2) is 11.5 Å². The molecule has 12 heavy (non-hydrogen) atoms. The smallest absolute Gasteiger partial charge is 0.171 e. The van der Waals surface area contributed by atoms with E-state index in [4.69, 9.17) is 0 Å². The maximum Gasteiger partial charge on any atom is 0.389 e. The van der Waals surface area contributed by atoms with E-state index in [-0.39, 0.29) is 11.8 Å². The zero-order valence-electron chi connectivity index (χ0n) is 7.34. The molecule has 0 bridgehead atoms. The normalized spacial score (nSPS) is 13.5. The van der Waals surface area contributed by atoms with Crippen LogP contribution < -0.4 is 0 Å². The van der Waals surface area contributed by atoms with Gasteiger partial charge in [-0.2, -0.15) is 13.2 Å². The molecule has 0 aliphatic heterocycles. The van der Waals surface area contributed by atoms with Gasteiger partial charge in [-0.05, 0) is 18.3 Å². The Morgan fingerprint density at radius 2 is 1.58 bits per heavy atom. The Bertz CT molecular complexity index is 129. The van der Waals surface area contributed by atoms with Gasteiger partial charge in [0, 0.05) is 11.8 Å². The summed E-state index contributed by atoms with van der Waals surface area (Å²) in [5.41, 5.74) is -0.0226. The molecule has 0 aromatic carbocycles. The summed E-state index contributed by atoms with van der Waals surface area (Å²) in [4.78, 5) is 0. The minimum Gasteiger partial charge on any atom is -0.171 e. The van der Waals surface area contributed by atoms with E-state index in [1.54, 1.807) is 0 Å². The fourth-order valence-electron chi connectivity index (χ4n) is 0.834. The molecular formula is C8H14BrF3. The van der Waals surface area contributed by atoms with Gasteiger partial charge >= 0.3 is 6.18 Å². The van der Waals surface area contributed by atoms with Crippen molar-refractivity contribution in [2.24, 2.45) is 5.41 Å². The number of alkyl halides is 4. The maximum atomic E-state index is 11.7. The molecule has 0 nitrogen and oxygen atoms in total. The second kappa shape index (κ2) is 4.49. The van der Waals surface area contributed by atoms with Crippen LogP contribution in [-0.2, 0) is 0 Å². The molecule has 0 radical (unpaired) electrons. The molecule has 0 aliphatic rings. The van der Waals surface area contributed by atoms with Gasteiger partial charge in [-0.3, -0.25) is 0 Å². The van der Waals surface area contributed by atoms with Gasteiger partial charge in [0.2, 0.25) is 0 Å². The van der Waals surface area contributed by atoms with E-state index in [0.29, 0.717) is 6.42 Å². The van der Waals surface area contributed by atoms with Crippen LogP contribution in [0.25, 0.3) is 0 Å². The summed E-state index contributed by atoms with van der Waals surface area (Å²) in [6.45, 7) is 3.91. The lowest BCUT2D eigenvalue weighted by molar-refractivity contribution is -0.136. The molecule has 74 valence electrons. The van der Waals surface area contributed by atoms with E-state index in [1.165, 1.54) is 0 Å². The Morgan fingerprint density at radius 1 is 1.08 bits per heavy atom. The third-order valence-corrected chi connectivity index (χ3v) is 3.19. The van der Waals surface area contributed by atoms with Gasteiger partial charge in [-0.15, -0.1) is 0 Å². The van der Waals surface area contributed by atoms with Gasteiger partial charge in [0.15, 0.2) is 0 Å². The fourth-order valence-corrected chi connectivity index (χ4v) is 1.11. The van der Waals surface area contributed by atoms with Gasteiger partial charge in [0.1, 0.15) is 0 Å². The molecule has 0 unspecified atom stereocenters. The van der Waals surface area contributed by atoms with E-state index in [9.17, 15) is 13.2 Å². The second-order valence-corrected chi connectivity index (χ2v) is 4.33. The lowest BCUT2D eigenvalue weighted by Crippen LogP contribution is -2.15. The van der Waals surface area contributed by atoms with Crippen molar-refractivity contribution in [2.75, 3.05) is 5.33 Å². The zero-order valence-corrected chi connectivity index (χ0v) is 8.93. The van der Waals surface area contributed by atoms with E-state index < -0.39 is 12.6 Å². The summed E-state index contributed by atoms with van der Waals surface area (Å²) in [6, 6.07) is 0. The molecule has 0 amide bonds. The summed E-state index contributed by atoms with van der Waals surface area (Å²) in [6.07, 6.45) is -3.83. The maximum absolute atomic E-state index is 11.7. The van der Waals surface area contributed by atoms with Crippen LogP contribution >= 0.6 is 15.9 Å². The molecule has 0 aliphatic carbocycles. The summed E-state index contributed by atoms with van der Waals surface area (Å²) in [7, 11) is 0. The highest BCUT2D eigenvalue weighted by atomic mass is 79.9. The average molecular weight is 247 g/mol. The molecule has 0 aromatic rings. The first-order valence-corrected chi connectivity index (χ1v) is 5.02. The highest BCUT2D eigenvalue weighted by Crippen LogP contribution is 2.29. The molecule has 0 aromatic heterocycles. The lowest BCUT2D eigenvalue weighted by atomic mass is 9.90. The fraction of sp³-hybridized carbons (Fsp3) is 1.00. The predicted octanol–water partition coefficient (Wildman–Crippen LogP) is 4.14. The molecule has 0 spiro atoms. The molecule has 0 saturated carbocycles. The first-order chi connectivity index (χ1) is 5.27. The minimum absolute atomic E-state index is 0.0226. The van der Waals surface area contributed by atoms with Crippen molar-refractivity contribution in [3.63, 3.8) is 0 Å². The van der Waals surface area contributed by atoms with Gasteiger partial charge in [-0.1, -0.05) is 29.8 Å². The third-order valence-electron chi connectivity index (χ3n) is 1.68. The van der Waals surface area contributed by atoms with Gasteiger partial charge in [-0.25, -0.2) is 0 Å².